The number of pyridine rings is 2. The fraction of sp³-hybridized carbons (Fsp3) is 0.105. The van der Waals surface area contributed by atoms with E-state index in [1.165, 1.54) is 0 Å². The van der Waals surface area contributed by atoms with E-state index in [0.29, 0.717) is 6.07 Å². The van der Waals surface area contributed by atoms with Crippen molar-refractivity contribution in [2.75, 3.05) is 4.90 Å². The minimum atomic E-state index is -5.08. The van der Waals surface area contributed by atoms with Crippen LogP contribution in [0.4, 0.5) is 36.8 Å². The smallest absolute Gasteiger partial charge is 0.435 e. The molecule has 0 radical (unpaired) electrons. The van der Waals surface area contributed by atoms with Crippen LogP contribution in [0, 0.1) is 17.5 Å². The third-order valence-corrected chi connectivity index (χ3v) is 4.01. The molecule has 0 aliphatic rings. The van der Waals surface area contributed by atoms with Crippen LogP contribution in [0.3, 0.4) is 0 Å². The third-order valence-electron chi connectivity index (χ3n) is 4.01. The van der Waals surface area contributed by atoms with Gasteiger partial charge in [-0.25, -0.2) is 22.9 Å². The number of alkyl halides is 3. The Morgan fingerprint density at radius 1 is 1.00 bits per heavy atom. The van der Waals surface area contributed by atoms with Crippen LogP contribution in [-0.2, 0) is 12.7 Å². The maximum Gasteiger partial charge on any atom is 0.435 e. The van der Waals surface area contributed by atoms with E-state index in [0.717, 1.165) is 42.7 Å². The Labute approximate surface area is 165 Å². The summed E-state index contributed by atoms with van der Waals surface area (Å²) >= 11 is 0. The number of hydrogen-bond donors (Lipinski definition) is 1. The summed E-state index contributed by atoms with van der Waals surface area (Å²) in [6, 6.07) is 5.05. The molecule has 0 spiro atoms. The fourth-order valence-electron chi connectivity index (χ4n) is 2.67. The zero-order valence-electron chi connectivity index (χ0n) is 14.8. The number of halogens is 6. The van der Waals surface area contributed by atoms with Gasteiger partial charge in [0, 0.05) is 23.4 Å². The van der Waals surface area contributed by atoms with Crippen molar-refractivity contribution in [2.45, 2.75) is 12.7 Å². The van der Waals surface area contributed by atoms with Crippen LogP contribution in [0.5, 0.6) is 0 Å². The molecule has 3 aromatic rings. The van der Waals surface area contributed by atoms with Crippen molar-refractivity contribution in [3.8, 4) is 11.3 Å². The van der Waals surface area contributed by atoms with Crippen molar-refractivity contribution in [1.82, 2.24) is 9.97 Å². The lowest BCUT2D eigenvalue weighted by Gasteiger charge is -2.23. The molecule has 0 aliphatic carbocycles. The van der Waals surface area contributed by atoms with Gasteiger partial charge in [0.1, 0.15) is 17.5 Å². The first-order chi connectivity index (χ1) is 14.1. The molecule has 11 heteroatoms. The van der Waals surface area contributed by atoms with Crippen LogP contribution in [-0.4, -0.2) is 21.2 Å². The molecule has 30 heavy (non-hydrogen) atoms. The van der Waals surface area contributed by atoms with Gasteiger partial charge in [-0.3, -0.25) is 9.88 Å². The van der Waals surface area contributed by atoms with Crippen LogP contribution in [0.15, 0.2) is 48.8 Å². The fourth-order valence-corrected chi connectivity index (χ4v) is 2.67. The quantitative estimate of drug-likeness (QED) is 0.577. The van der Waals surface area contributed by atoms with E-state index >= 15 is 0 Å². The van der Waals surface area contributed by atoms with Gasteiger partial charge in [0.15, 0.2) is 5.69 Å². The van der Waals surface area contributed by atoms with E-state index in [9.17, 15) is 36.2 Å². The first-order valence-corrected chi connectivity index (χ1v) is 8.20. The molecule has 156 valence electrons. The zero-order valence-corrected chi connectivity index (χ0v) is 14.8. The SMILES string of the molecule is O=C(O)N(Cc1ccc(F)cc1F)c1ccc(-c2cncc(F)c2)nc1C(F)(F)F. The predicted molar refractivity (Wildman–Crippen MR) is 93.0 cm³/mol. The lowest BCUT2D eigenvalue weighted by molar-refractivity contribution is -0.140. The normalized spacial score (nSPS) is 11.4. The highest BCUT2D eigenvalue weighted by Gasteiger charge is 2.38. The summed E-state index contributed by atoms with van der Waals surface area (Å²) in [4.78, 5) is 18.9. The average Bonchev–Trinajstić information content (AvgIpc) is 2.66. The lowest BCUT2D eigenvalue weighted by atomic mass is 10.1. The second-order valence-corrected chi connectivity index (χ2v) is 6.06. The van der Waals surface area contributed by atoms with Gasteiger partial charge in [-0.15, -0.1) is 0 Å². The number of benzene rings is 1. The molecule has 1 amide bonds. The molecule has 0 fully saturated rings. The molecular formula is C19H11F6N3O2. The number of anilines is 1. The first-order valence-electron chi connectivity index (χ1n) is 8.20. The highest BCUT2D eigenvalue weighted by atomic mass is 19.4. The standard InChI is InChI=1S/C19H11F6N3O2/c20-12-2-1-10(14(22)6-12)9-28(18(29)30)16-4-3-15(27-17(16)19(23,24)25)11-5-13(21)8-26-7-11/h1-8H,9H2,(H,29,30). The summed E-state index contributed by atoms with van der Waals surface area (Å²) in [5, 5.41) is 9.42. The Morgan fingerprint density at radius 2 is 1.73 bits per heavy atom. The van der Waals surface area contributed by atoms with Crippen LogP contribution in [0.25, 0.3) is 11.3 Å². The molecule has 2 aromatic heterocycles. The summed E-state index contributed by atoms with van der Waals surface area (Å²) in [6.45, 7) is -0.826. The molecule has 3 rings (SSSR count). The van der Waals surface area contributed by atoms with Crippen LogP contribution < -0.4 is 4.90 Å². The second kappa shape index (κ2) is 8.01. The minimum Gasteiger partial charge on any atom is -0.465 e. The van der Waals surface area contributed by atoms with Crippen molar-refractivity contribution in [2.24, 2.45) is 0 Å². The molecule has 0 atom stereocenters. The molecule has 1 aromatic carbocycles. The molecular weight excluding hydrogens is 416 g/mol. The van der Waals surface area contributed by atoms with E-state index < -0.39 is 47.6 Å². The molecule has 2 heterocycles. The number of rotatable bonds is 4. The Kier molecular flexibility index (Phi) is 5.63. The summed E-state index contributed by atoms with van der Waals surface area (Å²) in [6.07, 6.45) is -4.95. The maximum atomic E-state index is 13.9. The van der Waals surface area contributed by atoms with Crippen molar-refractivity contribution in [3.63, 3.8) is 0 Å². The van der Waals surface area contributed by atoms with E-state index in [-0.39, 0.29) is 21.7 Å². The minimum absolute atomic E-state index is 0.0569. The molecule has 0 unspecified atom stereocenters. The number of nitrogens with zero attached hydrogens (tertiary/aromatic N) is 3. The van der Waals surface area contributed by atoms with Crippen molar-refractivity contribution < 1.29 is 36.2 Å². The number of hydrogen-bond acceptors (Lipinski definition) is 3. The molecule has 5 nitrogen and oxygen atoms in total. The van der Waals surface area contributed by atoms with Gasteiger partial charge in [0.05, 0.1) is 24.1 Å². The lowest BCUT2D eigenvalue weighted by Crippen LogP contribution is -2.31. The van der Waals surface area contributed by atoms with Gasteiger partial charge in [0.2, 0.25) is 0 Å². The highest BCUT2D eigenvalue weighted by Crippen LogP contribution is 2.37. The Balaban J connectivity index is 2.10. The van der Waals surface area contributed by atoms with Crippen LogP contribution >= 0.6 is 0 Å². The van der Waals surface area contributed by atoms with Crippen molar-refractivity contribution in [1.29, 1.82) is 0 Å². The summed E-state index contributed by atoms with van der Waals surface area (Å²) in [5.74, 6) is -2.85. The number of aromatic nitrogens is 2. The molecule has 1 N–H and O–H groups in total. The van der Waals surface area contributed by atoms with Gasteiger partial charge in [-0.05, 0) is 24.3 Å². The average molecular weight is 427 g/mol. The van der Waals surface area contributed by atoms with E-state index in [1.807, 2.05) is 0 Å². The third kappa shape index (κ3) is 4.50. The molecule has 0 bridgehead atoms. The van der Waals surface area contributed by atoms with E-state index in [4.69, 9.17) is 0 Å². The first kappa shape index (κ1) is 21.1. The highest BCUT2D eigenvalue weighted by molar-refractivity contribution is 5.87. The molecule has 0 saturated heterocycles. The van der Waals surface area contributed by atoms with E-state index in [1.54, 1.807) is 0 Å². The summed E-state index contributed by atoms with van der Waals surface area (Å²) < 4.78 is 81.2. The Hall–Kier alpha value is -3.63. The van der Waals surface area contributed by atoms with Gasteiger partial charge in [-0.1, -0.05) is 6.07 Å². The number of carboxylic acid groups (broad SMARTS) is 1. The molecule has 0 saturated carbocycles. The Morgan fingerprint density at radius 3 is 2.33 bits per heavy atom. The summed E-state index contributed by atoms with van der Waals surface area (Å²) in [7, 11) is 0. The number of carbonyl (C=O) groups is 1. The topological polar surface area (TPSA) is 66.3 Å². The van der Waals surface area contributed by atoms with Gasteiger partial charge in [0.25, 0.3) is 0 Å². The van der Waals surface area contributed by atoms with E-state index in [2.05, 4.69) is 9.97 Å². The second-order valence-electron chi connectivity index (χ2n) is 6.06. The van der Waals surface area contributed by atoms with Gasteiger partial charge >= 0.3 is 12.3 Å². The summed E-state index contributed by atoms with van der Waals surface area (Å²) in [5.41, 5.74) is -3.14. The monoisotopic (exact) mass is 427 g/mol. The molecule has 0 aliphatic heterocycles. The van der Waals surface area contributed by atoms with Crippen LogP contribution in [0.1, 0.15) is 11.3 Å². The van der Waals surface area contributed by atoms with Crippen LogP contribution in [0.2, 0.25) is 0 Å². The Bertz CT molecular complexity index is 1100. The maximum absolute atomic E-state index is 13.9. The van der Waals surface area contributed by atoms with Gasteiger partial charge < -0.3 is 5.11 Å². The number of amides is 1. The zero-order chi connectivity index (χ0) is 22.1. The van der Waals surface area contributed by atoms with Crippen molar-refractivity contribution >= 4 is 11.8 Å². The largest absolute Gasteiger partial charge is 0.465 e. The van der Waals surface area contributed by atoms with Gasteiger partial charge in [-0.2, -0.15) is 13.2 Å². The predicted octanol–water partition coefficient (Wildman–Crippen LogP) is 5.26. The van der Waals surface area contributed by atoms with Crippen molar-refractivity contribution in [3.05, 3.63) is 77.5 Å².